The number of benzene rings is 3. The van der Waals surface area contributed by atoms with Crippen molar-refractivity contribution in [2.24, 2.45) is 5.10 Å². The molecule has 3 rings (SSSR count). The van der Waals surface area contributed by atoms with Crippen molar-refractivity contribution >= 4 is 29.4 Å². The Kier molecular flexibility index (Phi) is 7.20. The van der Waals surface area contributed by atoms with Gasteiger partial charge < -0.3 is 10.1 Å². The van der Waals surface area contributed by atoms with E-state index in [-0.39, 0.29) is 23.5 Å². The molecular weight excluding hydrogens is 419 g/mol. The molecule has 10 heteroatoms. The highest BCUT2D eigenvalue weighted by molar-refractivity contribution is 5.95. The average molecular weight is 436 g/mol. The molecule has 2 N–H and O–H groups in total. The number of hydrogen-bond acceptors (Lipinski definition) is 6. The molecule has 0 aromatic heterocycles. The van der Waals surface area contributed by atoms with Gasteiger partial charge in [-0.2, -0.15) is 5.10 Å². The van der Waals surface area contributed by atoms with E-state index in [4.69, 9.17) is 4.74 Å². The summed E-state index contributed by atoms with van der Waals surface area (Å²) in [6, 6.07) is 17.6. The highest BCUT2D eigenvalue weighted by atomic mass is 19.1. The van der Waals surface area contributed by atoms with Crippen molar-refractivity contribution in [3.8, 4) is 5.75 Å². The van der Waals surface area contributed by atoms with Crippen molar-refractivity contribution in [2.45, 2.75) is 0 Å². The number of ether oxygens (including phenoxy) is 1. The first-order valence-corrected chi connectivity index (χ1v) is 9.27. The predicted molar refractivity (Wildman–Crippen MR) is 115 cm³/mol. The number of nitrogens with zero attached hydrogens (tertiary/aromatic N) is 2. The van der Waals surface area contributed by atoms with Gasteiger partial charge in [0.1, 0.15) is 11.6 Å². The zero-order chi connectivity index (χ0) is 22.9. The Labute approximate surface area is 181 Å². The molecule has 0 aliphatic rings. The summed E-state index contributed by atoms with van der Waals surface area (Å²) >= 11 is 0. The van der Waals surface area contributed by atoms with Crippen LogP contribution in [-0.4, -0.2) is 29.6 Å². The third kappa shape index (κ3) is 6.20. The van der Waals surface area contributed by atoms with Crippen molar-refractivity contribution in [2.75, 3.05) is 11.9 Å². The maximum atomic E-state index is 13.6. The standard InChI is InChI=1S/C22H17FN4O5/c23-19-9-1-2-10-20(19)25-21(28)14-32-18-8-3-5-15(11-18)13-24-26-22(29)16-6-4-7-17(12-16)27(30)31/h1-13H,14H2,(H,25,28)(H,26,29)/b24-13+. The molecule has 0 fully saturated rings. The average Bonchev–Trinajstić information content (AvgIpc) is 2.79. The number of nitrogens with one attached hydrogen (secondary N) is 2. The molecule has 0 heterocycles. The van der Waals surface area contributed by atoms with E-state index in [2.05, 4.69) is 15.8 Å². The lowest BCUT2D eigenvalue weighted by Crippen LogP contribution is -2.20. The van der Waals surface area contributed by atoms with E-state index >= 15 is 0 Å². The van der Waals surface area contributed by atoms with Gasteiger partial charge in [0.2, 0.25) is 0 Å². The van der Waals surface area contributed by atoms with Crippen LogP contribution >= 0.6 is 0 Å². The first-order chi connectivity index (χ1) is 15.4. The number of para-hydroxylation sites is 1. The molecule has 0 atom stereocenters. The molecule has 9 nitrogen and oxygen atoms in total. The predicted octanol–water partition coefficient (Wildman–Crippen LogP) is 3.52. The maximum Gasteiger partial charge on any atom is 0.271 e. The summed E-state index contributed by atoms with van der Waals surface area (Å²) in [5, 5.41) is 17.0. The highest BCUT2D eigenvalue weighted by Gasteiger charge is 2.11. The van der Waals surface area contributed by atoms with Gasteiger partial charge in [0, 0.05) is 17.7 Å². The number of carbonyl (C=O) groups is 2. The lowest BCUT2D eigenvalue weighted by molar-refractivity contribution is -0.384. The topological polar surface area (TPSA) is 123 Å². The zero-order valence-electron chi connectivity index (χ0n) is 16.5. The van der Waals surface area contributed by atoms with Gasteiger partial charge in [-0.25, -0.2) is 9.82 Å². The number of halogens is 1. The van der Waals surface area contributed by atoms with Crippen molar-refractivity contribution in [1.82, 2.24) is 5.43 Å². The van der Waals surface area contributed by atoms with Gasteiger partial charge in [-0.15, -0.1) is 0 Å². The van der Waals surface area contributed by atoms with E-state index < -0.39 is 22.6 Å². The van der Waals surface area contributed by atoms with Crippen LogP contribution in [0.4, 0.5) is 15.8 Å². The van der Waals surface area contributed by atoms with Crippen LogP contribution in [0.5, 0.6) is 5.75 Å². The minimum Gasteiger partial charge on any atom is -0.484 e. The van der Waals surface area contributed by atoms with E-state index in [1.165, 1.54) is 42.6 Å². The van der Waals surface area contributed by atoms with Gasteiger partial charge in [0.05, 0.1) is 16.8 Å². The Balaban J connectivity index is 1.54. The van der Waals surface area contributed by atoms with Crippen LogP contribution < -0.4 is 15.5 Å². The van der Waals surface area contributed by atoms with Crippen molar-refractivity contribution < 1.29 is 23.6 Å². The second-order valence-corrected chi connectivity index (χ2v) is 6.40. The van der Waals surface area contributed by atoms with Gasteiger partial charge in [-0.3, -0.25) is 19.7 Å². The minimum atomic E-state index is -0.609. The highest BCUT2D eigenvalue weighted by Crippen LogP contribution is 2.15. The van der Waals surface area contributed by atoms with Crippen LogP contribution in [0.15, 0.2) is 77.9 Å². The summed E-state index contributed by atoms with van der Waals surface area (Å²) in [7, 11) is 0. The number of hydrazone groups is 1. The van der Waals surface area contributed by atoms with Crippen molar-refractivity contribution in [3.05, 3.63) is 99.9 Å². The summed E-state index contributed by atoms with van der Waals surface area (Å²) in [6.45, 7) is -0.335. The quantitative estimate of drug-likeness (QED) is 0.318. The summed E-state index contributed by atoms with van der Waals surface area (Å²) < 4.78 is 19.0. The van der Waals surface area contributed by atoms with Crippen LogP contribution in [0.1, 0.15) is 15.9 Å². The molecule has 3 aromatic carbocycles. The van der Waals surface area contributed by atoms with Crippen LogP contribution in [0.25, 0.3) is 0 Å². The second-order valence-electron chi connectivity index (χ2n) is 6.40. The van der Waals surface area contributed by atoms with Crippen LogP contribution in [0.2, 0.25) is 0 Å². The molecule has 0 saturated carbocycles. The normalized spacial score (nSPS) is 10.5. The Morgan fingerprint density at radius 3 is 2.62 bits per heavy atom. The van der Waals surface area contributed by atoms with Crippen molar-refractivity contribution in [1.29, 1.82) is 0 Å². The number of nitro groups is 1. The summed E-state index contributed by atoms with van der Waals surface area (Å²) in [5.74, 6) is -1.32. The SMILES string of the molecule is O=C(COc1cccc(/C=N/NC(=O)c2cccc([N+](=O)[O-])c2)c1)Nc1ccccc1F. The molecule has 3 aromatic rings. The third-order valence-electron chi connectivity index (χ3n) is 4.07. The van der Waals surface area contributed by atoms with E-state index in [0.29, 0.717) is 11.3 Å². The Hall–Kier alpha value is -4.60. The van der Waals surface area contributed by atoms with Gasteiger partial charge in [0.25, 0.3) is 17.5 Å². The van der Waals surface area contributed by atoms with Gasteiger partial charge in [-0.1, -0.05) is 30.3 Å². The number of hydrogen-bond donors (Lipinski definition) is 2. The van der Waals surface area contributed by atoms with Crippen LogP contribution in [0, 0.1) is 15.9 Å². The van der Waals surface area contributed by atoms with Gasteiger partial charge in [0.15, 0.2) is 6.61 Å². The van der Waals surface area contributed by atoms with Crippen molar-refractivity contribution in [3.63, 3.8) is 0 Å². The monoisotopic (exact) mass is 436 g/mol. The summed E-state index contributed by atoms with van der Waals surface area (Å²) in [5.41, 5.74) is 2.80. The number of rotatable bonds is 8. The van der Waals surface area contributed by atoms with Crippen LogP contribution in [-0.2, 0) is 4.79 Å². The zero-order valence-corrected chi connectivity index (χ0v) is 16.5. The third-order valence-corrected chi connectivity index (χ3v) is 4.07. The molecule has 0 radical (unpaired) electrons. The number of amides is 2. The Bertz CT molecular complexity index is 1180. The Morgan fingerprint density at radius 2 is 1.84 bits per heavy atom. The molecule has 0 saturated heterocycles. The molecule has 32 heavy (non-hydrogen) atoms. The number of non-ortho nitro benzene ring substituents is 1. The van der Waals surface area contributed by atoms with E-state index in [9.17, 15) is 24.1 Å². The fraction of sp³-hybridized carbons (Fsp3) is 0.0455. The number of carbonyl (C=O) groups excluding carboxylic acids is 2. The fourth-order valence-corrected chi connectivity index (χ4v) is 2.57. The number of anilines is 1. The molecular formula is C22H17FN4O5. The lowest BCUT2D eigenvalue weighted by atomic mass is 10.2. The molecule has 0 bridgehead atoms. The minimum absolute atomic E-state index is 0.0569. The Morgan fingerprint density at radius 1 is 1.06 bits per heavy atom. The number of nitro benzene ring substituents is 1. The summed E-state index contributed by atoms with van der Waals surface area (Å²) in [4.78, 5) is 34.2. The van der Waals surface area contributed by atoms with E-state index in [1.807, 2.05) is 0 Å². The molecule has 0 aliphatic heterocycles. The first kappa shape index (κ1) is 22.1. The largest absolute Gasteiger partial charge is 0.484 e. The maximum absolute atomic E-state index is 13.6. The molecule has 0 unspecified atom stereocenters. The lowest BCUT2D eigenvalue weighted by Gasteiger charge is -2.08. The first-order valence-electron chi connectivity index (χ1n) is 9.27. The molecule has 2 amide bonds. The van der Waals surface area contributed by atoms with Gasteiger partial charge in [-0.05, 0) is 35.9 Å². The fourth-order valence-electron chi connectivity index (χ4n) is 2.57. The summed E-state index contributed by atoms with van der Waals surface area (Å²) in [6.07, 6.45) is 1.35. The van der Waals surface area contributed by atoms with Gasteiger partial charge >= 0.3 is 0 Å². The molecule has 0 aliphatic carbocycles. The molecule has 162 valence electrons. The molecule has 0 spiro atoms. The smallest absolute Gasteiger partial charge is 0.271 e. The van der Waals surface area contributed by atoms with Crippen LogP contribution in [0.3, 0.4) is 0 Å². The second kappa shape index (κ2) is 10.4. The van der Waals surface area contributed by atoms with E-state index in [1.54, 1.807) is 30.3 Å². The van der Waals surface area contributed by atoms with E-state index in [0.717, 1.165) is 6.07 Å².